The van der Waals surface area contributed by atoms with Gasteiger partial charge in [0.1, 0.15) is 5.60 Å². The number of carbonyl (C=O) groups is 2. The molecule has 1 unspecified atom stereocenters. The van der Waals surface area contributed by atoms with Crippen LogP contribution in [0.25, 0.3) is 0 Å². The topological polar surface area (TPSA) is 77.5 Å². The monoisotopic (exact) mass is 454 g/mol. The maximum atomic E-state index is 13.8. The third kappa shape index (κ3) is 5.82. The Bertz CT molecular complexity index is 637. The first kappa shape index (κ1) is 25.4. The highest BCUT2D eigenvalue weighted by Gasteiger charge is 2.56. The summed E-state index contributed by atoms with van der Waals surface area (Å²) in [6.07, 6.45) is 5.76. The second-order valence-corrected chi connectivity index (χ2v) is 10.2. The SMILES string of the molecule is CCOC(=O)[C@H]1CC[C@H](OC(C(=O)OC(C)(C)C)(N2CCCC2)N2CC[C@H](OC)C2)CC1. The summed E-state index contributed by atoms with van der Waals surface area (Å²) in [7, 11) is 1.72. The zero-order chi connectivity index (χ0) is 23.4. The van der Waals surface area contributed by atoms with Crippen LogP contribution in [0, 0.1) is 5.92 Å². The van der Waals surface area contributed by atoms with Gasteiger partial charge in [-0.25, -0.2) is 4.79 Å². The molecule has 2 aliphatic heterocycles. The van der Waals surface area contributed by atoms with E-state index in [1.54, 1.807) is 7.11 Å². The molecule has 0 bridgehead atoms. The fourth-order valence-electron chi connectivity index (χ4n) is 5.12. The van der Waals surface area contributed by atoms with Crippen molar-refractivity contribution in [3.63, 3.8) is 0 Å². The van der Waals surface area contributed by atoms with Crippen molar-refractivity contribution in [1.82, 2.24) is 9.80 Å². The minimum atomic E-state index is -1.25. The number of carbonyl (C=O) groups excluding carboxylic acids is 2. The van der Waals surface area contributed by atoms with Crippen LogP contribution in [0.5, 0.6) is 0 Å². The maximum absolute atomic E-state index is 13.8. The van der Waals surface area contributed by atoms with Crippen LogP contribution in [0.4, 0.5) is 0 Å². The van der Waals surface area contributed by atoms with E-state index in [9.17, 15) is 9.59 Å². The quantitative estimate of drug-likeness (QED) is 0.518. The number of rotatable bonds is 8. The average molecular weight is 455 g/mol. The standard InChI is InChI=1S/C24H42N2O6/c1-6-30-21(27)18-9-11-19(12-10-18)31-24(25-14-7-8-15-25,22(28)32-23(2,3)4)26-16-13-20(17-26)29-5/h18-20H,6-17H2,1-5H3/t18-,19-,20-,24?/m0/s1. The van der Waals surface area contributed by atoms with Gasteiger partial charge in [0.25, 0.3) is 5.85 Å². The van der Waals surface area contributed by atoms with Crippen LogP contribution in [0.2, 0.25) is 0 Å². The van der Waals surface area contributed by atoms with Gasteiger partial charge < -0.3 is 18.9 Å². The molecule has 184 valence electrons. The average Bonchev–Trinajstić information content (AvgIpc) is 3.44. The molecule has 0 spiro atoms. The summed E-state index contributed by atoms with van der Waals surface area (Å²) in [5.41, 5.74) is -0.618. The van der Waals surface area contributed by atoms with Crippen molar-refractivity contribution in [3.05, 3.63) is 0 Å². The molecule has 1 aliphatic carbocycles. The normalized spacial score (nSPS) is 29.6. The van der Waals surface area contributed by atoms with Gasteiger partial charge in [-0.1, -0.05) is 0 Å². The maximum Gasteiger partial charge on any atom is 0.371 e. The molecule has 2 atom stereocenters. The van der Waals surface area contributed by atoms with E-state index >= 15 is 0 Å². The molecule has 3 fully saturated rings. The van der Waals surface area contributed by atoms with Gasteiger partial charge in [-0.3, -0.25) is 14.6 Å². The van der Waals surface area contributed by atoms with Crippen LogP contribution in [-0.2, 0) is 28.5 Å². The molecule has 0 radical (unpaired) electrons. The predicted molar refractivity (Wildman–Crippen MR) is 120 cm³/mol. The van der Waals surface area contributed by atoms with Crippen molar-refractivity contribution in [2.24, 2.45) is 5.92 Å². The Labute approximate surface area is 192 Å². The van der Waals surface area contributed by atoms with E-state index in [0.717, 1.165) is 45.2 Å². The highest BCUT2D eigenvalue weighted by molar-refractivity contribution is 5.79. The van der Waals surface area contributed by atoms with E-state index in [0.29, 0.717) is 32.5 Å². The summed E-state index contributed by atoms with van der Waals surface area (Å²) in [5.74, 6) is -1.79. The molecule has 2 saturated heterocycles. The van der Waals surface area contributed by atoms with E-state index < -0.39 is 11.4 Å². The summed E-state index contributed by atoms with van der Waals surface area (Å²) in [5, 5.41) is 0. The smallest absolute Gasteiger partial charge is 0.371 e. The molecule has 3 aliphatic rings. The second-order valence-electron chi connectivity index (χ2n) is 10.2. The van der Waals surface area contributed by atoms with Crippen LogP contribution in [0.3, 0.4) is 0 Å². The third-order valence-electron chi connectivity index (χ3n) is 6.73. The van der Waals surface area contributed by atoms with E-state index in [-0.39, 0.29) is 30.1 Å². The molecule has 2 heterocycles. The molecule has 0 aromatic rings. The number of nitrogens with zero attached hydrogens (tertiary/aromatic N) is 2. The zero-order valence-electron chi connectivity index (χ0n) is 20.6. The molecule has 8 nitrogen and oxygen atoms in total. The summed E-state index contributed by atoms with van der Waals surface area (Å²) in [4.78, 5) is 30.3. The molecular weight excluding hydrogens is 412 g/mol. The minimum Gasteiger partial charge on any atom is -0.466 e. The molecule has 0 aromatic carbocycles. The number of likely N-dealkylation sites (tertiary alicyclic amines) is 2. The third-order valence-corrected chi connectivity index (χ3v) is 6.73. The van der Waals surface area contributed by atoms with E-state index in [1.807, 2.05) is 27.7 Å². The van der Waals surface area contributed by atoms with E-state index in [2.05, 4.69) is 9.80 Å². The number of methoxy groups -OCH3 is 1. The number of hydrogen-bond donors (Lipinski definition) is 0. The molecule has 3 rings (SSSR count). The van der Waals surface area contributed by atoms with Gasteiger partial charge in [0, 0.05) is 33.3 Å². The lowest BCUT2D eigenvalue weighted by molar-refractivity contribution is -0.275. The molecule has 8 heteroatoms. The Balaban J connectivity index is 1.84. The molecule has 0 amide bonds. The predicted octanol–water partition coefficient (Wildman–Crippen LogP) is 2.94. The summed E-state index contributed by atoms with van der Waals surface area (Å²) >= 11 is 0. The van der Waals surface area contributed by atoms with E-state index in [1.165, 1.54) is 0 Å². The van der Waals surface area contributed by atoms with Crippen molar-refractivity contribution in [2.75, 3.05) is 39.9 Å². The number of ether oxygens (including phenoxy) is 4. The first-order valence-corrected chi connectivity index (χ1v) is 12.3. The Hall–Kier alpha value is -1.22. The summed E-state index contributed by atoms with van der Waals surface area (Å²) < 4.78 is 23.6. The Morgan fingerprint density at radius 1 is 0.906 bits per heavy atom. The van der Waals surface area contributed by atoms with Crippen LogP contribution >= 0.6 is 0 Å². The zero-order valence-corrected chi connectivity index (χ0v) is 20.6. The van der Waals surface area contributed by atoms with Gasteiger partial charge in [0.05, 0.1) is 24.7 Å². The molecular formula is C24H42N2O6. The van der Waals surface area contributed by atoms with Gasteiger partial charge in [-0.05, 0) is 72.6 Å². The fraction of sp³-hybridized carbons (Fsp3) is 0.917. The minimum absolute atomic E-state index is 0.0718. The molecule has 1 saturated carbocycles. The Morgan fingerprint density at radius 3 is 2.09 bits per heavy atom. The van der Waals surface area contributed by atoms with Gasteiger partial charge in [-0.15, -0.1) is 0 Å². The lowest BCUT2D eigenvalue weighted by Crippen LogP contribution is -2.68. The van der Waals surface area contributed by atoms with E-state index in [4.69, 9.17) is 18.9 Å². The number of hydrogen-bond acceptors (Lipinski definition) is 8. The van der Waals surface area contributed by atoms with Gasteiger partial charge in [0.15, 0.2) is 0 Å². The lowest BCUT2D eigenvalue weighted by Gasteiger charge is -2.48. The first-order valence-electron chi connectivity index (χ1n) is 12.3. The first-order chi connectivity index (χ1) is 15.2. The van der Waals surface area contributed by atoms with Crippen molar-refractivity contribution in [2.45, 2.75) is 96.3 Å². The highest BCUT2D eigenvalue weighted by Crippen LogP contribution is 2.38. The van der Waals surface area contributed by atoms with Crippen LogP contribution in [0.1, 0.15) is 72.6 Å². The Morgan fingerprint density at radius 2 is 1.56 bits per heavy atom. The van der Waals surface area contributed by atoms with Gasteiger partial charge >= 0.3 is 11.9 Å². The van der Waals surface area contributed by atoms with Crippen molar-refractivity contribution < 1.29 is 28.5 Å². The summed E-state index contributed by atoms with van der Waals surface area (Å²) in [6.45, 7) is 10.9. The second kappa shape index (κ2) is 10.8. The largest absolute Gasteiger partial charge is 0.466 e. The van der Waals surface area contributed by atoms with Gasteiger partial charge in [-0.2, -0.15) is 0 Å². The fourth-order valence-corrected chi connectivity index (χ4v) is 5.12. The van der Waals surface area contributed by atoms with Crippen LogP contribution in [0.15, 0.2) is 0 Å². The number of esters is 2. The molecule has 0 N–H and O–H groups in total. The van der Waals surface area contributed by atoms with Gasteiger partial charge in [0.2, 0.25) is 0 Å². The van der Waals surface area contributed by atoms with Crippen molar-refractivity contribution >= 4 is 11.9 Å². The lowest BCUT2D eigenvalue weighted by atomic mass is 9.87. The molecule has 32 heavy (non-hydrogen) atoms. The van der Waals surface area contributed by atoms with Crippen LogP contribution in [-0.4, -0.2) is 85.3 Å². The van der Waals surface area contributed by atoms with Crippen molar-refractivity contribution in [3.8, 4) is 0 Å². The molecule has 0 aromatic heterocycles. The Kier molecular flexibility index (Phi) is 8.58. The van der Waals surface area contributed by atoms with Crippen LogP contribution < -0.4 is 0 Å². The highest BCUT2D eigenvalue weighted by atomic mass is 16.6. The summed E-state index contributed by atoms with van der Waals surface area (Å²) in [6, 6.07) is 0. The van der Waals surface area contributed by atoms with Crippen molar-refractivity contribution in [1.29, 1.82) is 0 Å².